The van der Waals surface area contributed by atoms with Gasteiger partial charge in [-0.05, 0) is 18.2 Å². The number of rotatable bonds is 1. The van der Waals surface area contributed by atoms with E-state index in [-0.39, 0.29) is 0 Å². The molecule has 3 aromatic heterocycles. The highest BCUT2D eigenvalue weighted by Gasteiger charge is 2.04. The van der Waals surface area contributed by atoms with E-state index >= 15 is 0 Å². The summed E-state index contributed by atoms with van der Waals surface area (Å²) in [5, 5.41) is 0. The van der Waals surface area contributed by atoms with Crippen molar-refractivity contribution in [3.05, 3.63) is 48.9 Å². The Morgan fingerprint density at radius 1 is 1.19 bits per heavy atom. The van der Waals surface area contributed by atoms with Gasteiger partial charge in [0, 0.05) is 30.4 Å². The Bertz CT molecular complexity index is 597. The van der Waals surface area contributed by atoms with E-state index in [0.29, 0.717) is 5.78 Å². The van der Waals surface area contributed by atoms with Gasteiger partial charge < -0.3 is 0 Å². The number of hydrogen-bond acceptors (Lipinski definition) is 3. The lowest BCUT2D eigenvalue weighted by Gasteiger charge is -1.93. The average molecular weight is 214 g/mol. The van der Waals surface area contributed by atoms with E-state index in [2.05, 4.69) is 15.0 Å². The molecule has 0 bridgehead atoms. The smallest absolute Gasteiger partial charge is 0.234 e. The highest BCUT2D eigenvalue weighted by molar-refractivity contribution is 5.59. The Labute approximate surface area is 90.4 Å². The molecule has 0 unspecified atom stereocenters. The summed E-state index contributed by atoms with van der Waals surface area (Å²) < 4.78 is 14.5. The molecule has 0 N–H and O–H groups in total. The highest BCUT2D eigenvalue weighted by Crippen LogP contribution is 2.17. The number of hydrogen-bond donors (Lipinski definition) is 0. The third kappa shape index (κ3) is 1.42. The van der Waals surface area contributed by atoms with Crippen LogP contribution in [0.3, 0.4) is 0 Å². The minimum absolute atomic E-state index is 0.495. The molecule has 16 heavy (non-hydrogen) atoms. The predicted octanol–water partition coefficient (Wildman–Crippen LogP) is 1.93. The molecule has 0 aliphatic heterocycles. The van der Waals surface area contributed by atoms with Gasteiger partial charge >= 0.3 is 0 Å². The third-order valence-electron chi connectivity index (χ3n) is 2.26. The Kier molecular flexibility index (Phi) is 1.89. The fourth-order valence-corrected chi connectivity index (χ4v) is 1.50. The second kappa shape index (κ2) is 3.37. The summed E-state index contributed by atoms with van der Waals surface area (Å²) in [7, 11) is 0. The lowest BCUT2D eigenvalue weighted by atomic mass is 10.2. The van der Waals surface area contributed by atoms with Crippen LogP contribution in [0, 0.1) is 5.95 Å². The standard InChI is InChI=1S/C11H7FN4/c12-10-3-2-8(6-14-10)9-7-16-5-1-4-13-11(16)15-9/h1-7H. The van der Waals surface area contributed by atoms with Gasteiger partial charge in [0.2, 0.25) is 11.7 Å². The van der Waals surface area contributed by atoms with Gasteiger partial charge in [0.1, 0.15) is 0 Å². The first-order valence-corrected chi connectivity index (χ1v) is 4.74. The maximum atomic E-state index is 12.7. The first kappa shape index (κ1) is 8.96. The van der Waals surface area contributed by atoms with Crippen LogP contribution in [0.5, 0.6) is 0 Å². The zero-order chi connectivity index (χ0) is 11.0. The van der Waals surface area contributed by atoms with Gasteiger partial charge in [-0.3, -0.25) is 4.40 Å². The lowest BCUT2D eigenvalue weighted by molar-refractivity contribution is 0.584. The molecule has 0 aliphatic rings. The molecular formula is C11H7FN4. The van der Waals surface area contributed by atoms with Crippen LogP contribution in [0.25, 0.3) is 17.0 Å². The van der Waals surface area contributed by atoms with Gasteiger partial charge in [-0.15, -0.1) is 0 Å². The molecule has 78 valence electrons. The normalized spacial score (nSPS) is 10.8. The van der Waals surface area contributed by atoms with Crippen LogP contribution in [0.2, 0.25) is 0 Å². The lowest BCUT2D eigenvalue weighted by Crippen LogP contribution is -1.83. The van der Waals surface area contributed by atoms with Crippen molar-refractivity contribution in [1.29, 1.82) is 0 Å². The fourth-order valence-electron chi connectivity index (χ4n) is 1.50. The van der Waals surface area contributed by atoms with E-state index < -0.39 is 5.95 Å². The summed E-state index contributed by atoms with van der Waals surface area (Å²) in [5.41, 5.74) is 1.50. The highest BCUT2D eigenvalue weighted by atomic mass is 19.1. The summed E-state index contributed by atoms with van der Waals surface area (Å²) in [6.07, 6.45) is 6.82. The molecule has 0 amide bonds. The number of fused-ring (bicyclic) bond motifs is 1. The zero-order valence-corrected chi connectivity index (χ0v) is 8.21. The first-order valence-electron chi connectivity index (χ1n) is 4.74. The molecular weight excluding hydrogens is 207 g/mol. The van der Waals surface area contributed by atoms with E-state index in [1.807, 2.05) is 18.5 Å². The fraction of sp³-hybridized carbons (Fsp3) is 0. The molecule has 0 radical (unpaired) electrons. The van der Waals surface area contributed by atoms with Gasteiger partial charge in [-0.25, -0.2) is 15.0 Å². The molecule has 0 atom stereocenters. The Morgan fingerprint density at radius 3 is 2.88 bits per heavy atom. The number of pyridine rings is 1. The predicted molar refractivity (Wildman–Crippen MR) is 56.2 cm³/mol. The Morgan fingerprint density at radius 2 is 2.12 bits per heavy atom. The van der Waals surface area contributed by atoms with Gasteiger partial charge in [0.05, 0.1) is 5.69 Å². The summed E-state index contributed by atoms with van der Waals surface area (Å²) in [4.78, 5) is 12.0. The molecule has 0 saturated heterocycles. The molecule has 0 aliphatic carbocycles. The van der Waals surface area contributed by atoms with Crippen molar-refractivity contribution < 1.29 is 4.39 Å². The number of halogens is 1. The van der Waals surface area contributed by atoms with E-state index in [9.17, 15) is 4.39 Å². The van der Waals surface area contributed by atoms with E-state index in [1.54, 1.807) is 16.7 Å². The van der Waals surface area contributed by atoms with Gasteiger partial charge in [-0.1, -0.05) is 0 Å². The van der Waals surface area contributed by atoms with Crippen LogP contribution in [-0.4, -0.2) is 19.4 Å². The SMILES string of the molecule is Fc1ccc(-c2cn3cccnc3n2)cn1. The van der Waals surface area contributed by atoms with E-state index in [0.717, 1.165) is 11.3 Å². The molecule has 3 rings (SSSR count). The van der Waals surface area contributed by atoms with Crippen molar-refractivity contribution in [2.24, 2.45) is 0 Å². The second-order valence-electron chi connectivity index (χ2n) is 3.32. The van der Waals surface area contributed by atoms with Crippen LogP contribution in [0.15, 0.2) is 43.0 Å². The maximum Gasteiger partial charge on any atom is 0.234 e. The topological polar surface area (TPSA) is 43.1 Å². The zero-order valence-electron chi connectivity index (χ0n) is 8.21. The largest absolute Gasteiger partial charge is 0.291 e. The quantitative estimate of drug-likeness (QED) is 0.581. The van der Waals surface area contributed by atoms with Crippen molar-refractivity contribution in [3.8, 4) is 11.3 Å². The van der Waals surface area contributed by atoms with Crippen LogP contribution in [0.4, 0.5) is 4.39 Å². The second-order valence-corrected chi connectivity index (χ2v) is 3.32. The van der Waals surface area contributed by atoms with Crippen LogP contribution >= 0.6 is 0 Å². The minimum Gasteiger partial charge on any atom is -0.291 e. The summed E-state index contributed by atoms with van der Waals surface area (Å²) in [6, 6.07) is 4.78. The Balaban J connectivity index is 2.15. The molecule has 4 nitrogen and oxygen atoms in total. The van der Waals surface area contributed by atoms with Crippen LogP contribution in [-0.2, 0) is 0 Å². The number of imidazole rings is 1. The number of aromatic nitrogens is 4. The summed E-state index contributed by atoms with van der Waals surface area (Å²) in [5.74, 6) is 0.118. The van der Waals surface area contributed by atoms with E-state index in [4.69, 9.17) is 0 Å². The molecule has 0 saturated carbocycles. The van der Waals surface area contributed by atoms with Crippen molar-refractivity contribution in [3.63, 3.8) is 0 Å². The van der Waals surface area contributed by atoms with Crippen molar-refractivity contribution >= 4 is 5.78 Å². The molecule has 3 aromatic rings. The third-order valence-corrected chi connectivity index (χ3v) is 2.26. The molecule has 0 spiro atoms. The van der Waals surface area contributed by atoms with Crippen molar-refractivity contribution in [1.82, 2.24) is 19.4 Å². The molecule has 0 aromatic carbocycles. The van der Waals surface area contributed by atoms with Gasteiger partial charge in [0.15, 0.2) is 0 Å². The van der Waals surface area contributed by atoms with Crippen LogP contribution < -0.4 is 0 Å². The molecule has 3 heterocycles. The van der Waals surface area contributed by atoms with Crippen molar-refractivity contribution in [2.45, 2.75) is 0 Å². The summed E-state index contributed by atoms with van der Waals surface area (Å²) >= 11 is 0. The molecule has 5 heteroatoms. The average Bonchev–Trinajstić information content (AvgIpc) is 2.73. The maximum absolute atomic E-state index is 12.7. The monoisotopic (exact) mass is 214 g/mol. The number of nitrogens with zero attached hydrogens (tertiary/aromatic N) is 4. The summed E-state index contributed by atoms with van der Waals surface area (Å²) in [6.45, 7) is 0. The Hall–Kier alpha value is -2.30. The van der Waals surface area contributed by atoms with E-state index in [1.165, 1.54) is 12.3 Å². The van der Waals surface area contributed by atoms with Gasteiger partial charge in [0.25, 0.3) is 0 Å². The van der Waals surface area contributed by atoms with Crippen LogP contribution in [0.1, 0.15) is 0 Å². The van der Waals surface area contributed by atoms with Crippen molar-refractivity contribution in [2.75, 3.05) is 0 Å². The first-order chi connectivity index (χ1) is 7.83. The van der Waals surface area contributed by atoms with Gasteiger partial charge in [-0.2, -0.15) is 4.39 Å². The minimum atomic E-state index is -0.495. The molecule has 0 fully saturated rings.